The molecule has 0 saturated carbocycles. The molecule has 2 aromatic carbocycles. The number of hydrogen-bond acceptors (Lipinski definition) is 5. The molecule has 0 saturated heterocycles. The number of benzene rings is 2. The maximum Gasteiger partial charge on any atom is 0.673 e. The molecule has 12 heteroatoms. The van der Waals surface area contributed by atoms with Crippen LogP contribution in [0.25, 0.3) is 4.98 Å². The Morgan fingerprint density at radius 2 is 1.83 bits per heavy atom. The highest BCUT2D eigenvalue weighted by Crippen LogP contribution is 2.25. The largest absolute Gasteiger partial charge is 0.673 e. The van der Waals surface area contributed by atoms with Gasteiger partial charge in [0.2, 0.25) is 10.5 Å². The lowest BCUT2D eigenvalue weighted by Crippen LogP contribution is -2.03. The van der Waals surface area contributed by atoms with Gasteiger partial charge in [-0.2, -0.15) is 0 Å². The van der Waals surface area contributed by atoms with E-state index in [1.54, 1.807) is 18.2 Å². The summed E-state index contributed by atoms with van der Waals surface area (Å²) >= 11 is 1.13. The van der Waals surface area contributed by atoms with Crippen molar-refractivity contribution < 1.29 is 27.0 Å². The van der Waals surface area contributed by atoms with Crippen LogP contribution in [-0.2, 0) is 12.8 Å². The fourth-order valence-corrected chi connectivity index (χ4v) is 3.23. The van der Waals surface area contributed by atoms with E-state index in [-0.39, 0.29) is 10.8 Å². The second kappa shape index (κ2) is 11.7. The first-order valence-electron chi connectivity index (χ1n) is 8.42. The predicted molar refractivity (Wildman–Crippen MR) is 109 cm³/mol. The summed E-state index contributed by atoms with van der Waals surface area (Å²) in [7, 11) is -6.00. The highest BCUT2D eigenvalue weighted by molar-refractivity contribution is 8.14. The summed E-state index contributed by atoms with van der Waals surface area (Å²) in [6, 6.07) is 11.4. The Labute approximate surface area is 173 Å². The van der Waals surface area contributed by atoms with Crippen LogP contribution >= 0.6 is 11.8 Å². The summed E-state index contributed by atoms with van der Waals surface area (Å²) < 4.78 is 39.0. The molecule has 0 heterocycles. The minimum atomic E-state index is -6.00. The highest BCUT2D eigenvalue weighted by atomic mass is 32.2. The molecule has 0 N–H and O–H groups in total. The van der Waals surface area contributed by atoms with Crippen molar-refractivity contribution in [1.29, 1.82) is 5.39 Å². The topological polar surface area (TPSA) is 88.4 Å². The van der Waals surface area contributed by atoms with E-state index in [4.69, 9.17) is 5.39 Å². The van der Waals surface area contributed by atoms with E-state index in [0.717, 1.165) is 17.3 Å². The normalized spacial score (nSPS) is 10.4. The summed E-state index contributed by atoms with van der Waals surface area (Å²) in [5.41, 5.74) is 2.33. The minimum Gasteiger partial charge on any atom is -0.418 e. The number of carbonyl (C=O) groups is 1. The van der Waals surface area contributed by atoms with Crippen molar-refractivity contribution in [3.05, 3.63) is 86.9 Å². The molecule has 158 valence electrons. The molecule has 0 bridgehead atoms. The van der Waals surface area contributed by atoms with Crippen molar-refractivity contribution in [3.63, 3.8) is 0 Å². The summed E-state index contributed by atoms with van der Waals surface area (Å²) in [6.45, 7) is 3.63. The lowest BCUT2D eigenvalue weighted by Gasteiger charge is -2.06. The van der Waals surface area contributed by atoms with Crippen molar-refractivity contribution in [1.82, 2.24) is 0 Å². The molecular formula is C18H16BF4N3O3S. The van der Waals surface area contributed by atoms with Crippen LogP contribution in [0.3, 0.4) is 0 Å². The number of halogens is 4. The number of non-ortho nitro benzene ring substituents is 1. The van der Waals surface area contributed by atoms with E-state index in [1.807, 2.05) is 12.1 Å². The first-order chi connectivity index (χ1) is 14.1. The van der Waals surface area contributed by atoms with Crippen LogP contribution in [0.4, 0.5) is 28.6 Å². The van der Waals surface area contributed by atoms with Gasteiger partial charge in [0.15, 0.2) is 4.98 Å². The molecule has 0 radical (unpaired) electrons. The molecule has 2 aromatic rings. The van der Waals surface area contributed by atoms with Gasteiger partial charge in [0.1, 0.15) is 0 Å². The number of thioether (sulfide) groups is 1. The van der Waals surface area contributed by atoms with Crippen molar-refractivity contribution >= 4 is 35.5 Å². The zero-order valence-electron chi connectivity index (χ0n) is 15.5. The van der Waals surface area contributed by atoms with Gasteiger partial charge in [-0.1, -0.05) is 36.0 Å². The Morgan fingerprint density at radius 3 is 2.40 bits per heavy atom. The van der Waals surface area contributed by atoms with Gasteiger partial charge in [-0.15, -0.1) is 6.58 Å². The summed E-state index contributed by atoms with van der Waals surface area (Å²) in [5.74, 6) is 0.510. The number of nitro groups is 1. The minimum absolute atomic E-state index is 0.0446. The number of rotatable bonds is 7. The Hall–Kier alpha value is -3.20. The number of allylic oxidation sites excluding steroid dienone is 1. The van der Waals surface area contributed by atoms with Crippen molar-refractivity contribution in [2.24, 2.45) is 0 Å². The van der Waals surface area contributed by atoms with Gasteiger partial charge >= 0.3 is 12.9 Å². The van der Waals surface area contributed by atoms with Crippen molar-refractivity contribution in [2.75, 3.05) is 5.75 Å². The quantitative estimate of drug-likeness (QED) is 0.127. The zero-order chi connectivity index (χ0) is 22.7. The standard InChI is InChI=1S/C18H16N3O3S.BF4/c1-2-5-14-12-15(21(23)24)8-9-16(14)18(22)25-11-10-13-6-3-4-7-17(13)20-19;2-1(3,4)5/h2-4,6-9,12H,1,5,10-11H2;/q+1;-1. The molecular weight excluding hydrogens is 425 g/mol. The first kappa shape index (κ1) is 24.8. The molecule has 0 aliphatic rings. The second-order valence-electron chi connectivity index (χ2n) is 5.70. The smallest absolute Gasteiger partial charge is 0.418 e. The molecule has 30 heavy (non-hydrogen) atoms. The van der Waals surface area contributed by atoms with Crippen molar-refractivity contribution in [2.45, 2.75) is 12.8 Å². The van der Waals surface area contributed by atoms with E-state index in [1.165, 1.54) is 18.2 Å². The number of hydrogen-bond donors (Lipinski definition) is 0. The fraction of sp³-hybridized carbons (Fsp3) is 0.167. The SMILES string of the molecule is C=CCc1cc([N+](=O)[O-])ccc1C(=O)SCCc1ccccc1[N+]#N.F[B-](F)(F)F. The van der Waals surface area contributed by atoms with Crippen LogP contribution in [-0.4, -0.2) is 23.0 Å². The fourth-order valence-electron chi connectivity index (χ4n) is 2.37. The lowest BCUT2D eigenvalue weighted by molar-refractivity contribution is -0.384. The molecule has 0 unspecified atom stereocenters. The van der Waals surface area contributed by atoms with Crippen LogP contribution in [0, 0.1) is 15.5 Å². The molecule has 0 atom stereocenters. The third-order valence-corrected chi connectivity index (χ3v) is 4.48. The van der Waals surface area contributed by atoms with E-state index in [9.17, 15) is 32.2 Å². The molecule has 0 aliphatic carbocycles. The summed E-state index contributed by atoms with van der Waals surface area (Å²) in [6.07, 6.45) is 2.56. The Bertz CT molecular complexity index is 958. The highest BCUT2D eigenvalue weighted by Gasteiger charge is 2.20. The average molecular weight is 441 g/mol. The van der Waals surface area contributed by atoms with E-state index in [2.05, 4.69) is 11.6 Å². The Kier molecular flexibility index (Phi) is 9.71. The van der Waals surface area contributed by atoms with Crippen LogP contribution in [0.1, 0.15) is 21.5 Å². The molecule has 0 amide bonds. The molecule has 2 rings (SSSR count). The zero-order valence-corrected chi connectivity index (χ0v) is 16.3. The van der Waals surface area contributed by atoms with Gasteiger partial charge in [-0.05, 0) is 24.5 Å². The maximum absolute atomic E-state index is 12.5. The summed E-state index contributed by atoms with van der Waals surface area (Å²) in [4.78, 5) is 26.1. The number of nitro benzene ring substituents is 1. The van der Waals surface area contributed by atoms with Crippen molar-refractivity contribution in [3.8, 4) is 0 Å². The third kappa shape index (κ3) is 8.87. The second-order valence-corrected chi connectivity index (χ2v) is 6.77. The van der Waals surface area contributed by atoms with Crippen LogP contribution < -0.4 is 0 Å². The lowest BCUT2D eigenvalue weighted by atomic mass is 10.0. The van der Waals surface area contributed by atoms with Crippen LogP contribution in [0.2, 0.25) is 0 Å². The number of nitrogens with zero attached hydrogens (tertiary/aromatic N) is 3. The van der Waals surface area contributed by atoms with Crippen LogP contribution in [0.15, 0.2) is 55.1 Å². The first-order valence-corrected chi connectivity index (χ1v) is 9.41. The summed E-state index contributed by atoms with van der Waals surface area (Å²) in [5, 5.41) is 19.7. The molecule has 0 spiro atoms. The molecule has 0 fully saturated rings. The van der Waals surface area contributed by atoms with E-state index in [0.29, 0.717) is 35.4 Å². The molecule has 0 aromatic heterocycles. The number of aryl methyl sites for hydroxylation is 1. The Balaban J connectivity index is 0.000000804. The predicted octanol–water partition coefficient (Wildman–Crippen LogP) is 6.22. The maximum atomic E-state index is 12.5. The van der Waals surface area contributed by atoms with E-state index < -0.39 is 12.2 Å². The van der Waals surface area contributed by atoms with Gasteiger partial charge in [-0.25, -0.2) is 0 Å². The van der Waals surface area contributed by atoms with Crippen LogP contribution in [0.5, 0.6) is 0 Å². The van der Waals surface area contributed by atoms with Gasteiger partial charge in [0.05, 0.1) is 4.92 Å². The monoisotopic (exact) mass is 441 g/mol. The number of carbonyl (C=O) groups excluding carboxylic acids is 1. The molecule has 6 nitrogen and oxygen atoms in total. The average Bonchev–Trinajstić information content (AvgIpc) is 2.67. The van der Waals surface area contributed by atoms with E-state index >= 15 is 0 Å². The van der Waals surface area contributed by atoms with Gasteiger partial charge in [0, 0.05) is 35.1 Å². The third-order valence-electron chi connectivity index (χ3n) is 3.59. The Morgan fingerprint density at radius 1 is 1.20 bits per heavy atom. The van der Waals surface area contributed by atoms with Gasteiger partial charge in [0.25, 0.3) is 5.69 Å². The number of diazo groups is 1. The van der Waals surface area contributed by atoms with Gasteiger partial charge in [-0.3, -0.25) is 14.9 Å². The molecule has 0 aliphatic heterocycles. The van der Waals surface area contributed by atoms with Gasteiger partial charge < -0.3 is 17.3 Å².